The van der Waals surface area contributed by atoms with E-state index in [9.17, 15) is 15.3 Å². The first-order valence-corrected chi connectivity index (χ1v) is 8.75. The summed E-state index contributed by atoms with van der Waals surface area (Å²) in [4.78, 5) is 12.9. The van der Waals surface area contributed by atoms with Gasteiger partial charge in [-0.25, -0.2) is 15.0 Å². The quantitative estimate of drug-likeness (QED) is 0.497. The predicted octanol–water partition coefficient (Wildman–Crippen LogP) is 0.612. The summed E-state index contributed by atoms with van der Waals surface area (Å²) in [5.74, 6) is 0.499. The smallest absolute Gasteiger partial charge is 0.167 e. The van der Waals surface area contributed by atoms with Crippen LogP contribution >= 0.6 is 0 Å². The summed E-state index contributed by atoms with van der Waals surface area (Å²) in [6.45, 7) is -0.354. The van der Waals surface area contributed by atoms with Crippen molar-refractivity contribution in [1.82, 2.24) is 19.5 Å². The van der Waals surface area contributed by atoms with E-state index in [-0.39, 0.29) is 19.3 Å². The first-order chi connectivity index (χ1) is 13.2. The van der Waals surface area contributed by atoms with Crippen LogP contribution in [-0.2, 0) is 4.74 Å². The van der Waals surface area contributed by atoms with E-state index in [2.05, 4.69) is 20.3 Å². The number of benzene rings is 1. The molecule has 1 saturated heterocycles. The van der Waals surface area contributed by atoms with Crippen LogP contribution in [0.25, 0.3) is 11.2 Å². The minimum absolute atomic E-state index is 0.105. The molecule has 9 nitrogen and oxygen atoms in total. The fraction of sp³-hybridized carbons (Fsp3) is 0.389. The Kier molecular flexibility index (Phi) is 4.99. The average Bonchev–Trinajstić information content (AvgIpc) is 3.30. The number of rotatable bonds is 6. The van der Waals surface area contributed by atoms with Gasteiger partial charge in [0.15, 0.2) is 17.0 Å². The average molecular weight is 371 g/mol. The molecule has 0 aliphatic carbocycles. The molecule has 3 heterocycles. The molecule has 27 heavy (non-hydrogen) atoms. The number of ether oxygens (including phenoxy) is 1. The molecule has 2 aromatic heterocycles. The summed E-state index contributed by atoms with van der Waals surface area (Å²) in [5, 5.41) is 32.2. The molecule has 0 saturated carbocycles. The second kappa shape index (κ2) is 7.57. The zero-order chi connectivity index (χ0) is 18.8. The minimum atomic E-state index is -0.742. The number of fused-ring (bicyclic) bond motifs is 1. The highest BCUT2D eigenvalue weighted by Gasteiger charge is 2.35. The minimum Gasteiger partial charge on any atom is -0.394 e. The van der Waals surface area contributed by atoms with Gasteiger partial charge >= 0.3 is 0 Å². The van der Waals surface area contributed by atoms with E-state index in [1.54, 1.807) is 10.9 Å². The molecule has 1 aliphatic rings. The van der Waals surface area contributed by atoms with Crippen LogP contribution in [0.5, 0.6) is 0 Å². The maximum Gasteiger partial charge on any atom is 0.167 e. The summed E-state index contributed by atoms with van der Waals surface area (Å²) in [6.07, 6.45) is 1.51. The van der Waals surface area contributed by atoms with Crippen LogP contribution < -0.4 is 5.32 Å². The van der Waals surface area contributed by atoms with Gasteiger partial charge in [0.05, 0.1) is 31.7 Å². The fourth-order valence-corrected chi connectivity index (χ4v) is 3.30. The highest BCUT2D eigenvalue weighted by atomic mass is 16.5. The lowest BCUT2D eigenvalue weighted by molar-refractivity contribution is -0.0432. The van der Waals surface area contributed by atoms with Gasteiger partial charge in [0, 0.05) is 6.42 Å². The largest absolute Gasteiger partial charge is 0.394 e. The van der Waals surface area contributed by atoms with Crippen molar-refractivity contribution in [2.75, 3.05) is 18.5 Å². The second-order valence-corrected chi connectivity index (χ2v) is 6.45. The van der Waals surface area contributed by atoms with Crippen LogP contribution in [0, 0.1) is 0 Å². The highest BCUT2D eigenvalue weighted by molar-refractivity contribution is 5.82. The Bertz CT molecular complexity index is 903. The molecule has 9 heteroatoms. The molecule has 4 atom stereocenters. The Morgan fingerprint density at radius 2 is 2.00 bits per heavy atom. The van der Waals surface area contributed by atoms with Crippen LogP contribution in [-0.4, -0.2) is 60.3 Å². The SMILES string of the molecule is OCC(Nc1ncnc2c1ncn2[C@H]1C[C@H](O)[C@@H](CO)O1)c1ccccc1. The lowest BCUT2D eigenvalue weighted by atomic mass is 10.1. The van der Waals surface area contributed by atoms with Crippen molar-refractivity contribution >= 4 is 17.0 Å². The van der Waals surface area contributed by atoms with Crippen molar-refractivity contribution in [3.05, 3.63) is 48.5 Å². The van der Waals surface area contributed by atoms with Gasteiger partial charge in [-0.3, -0.25) is 4.57 Å². The van der Waals surface area contributed by atoms with E-state index in [1.165, 1.54) is 6.33 Å². The molecule has 4 N–H and O–H groups in total. The number of nitrogens with one attached hydrogen (secondary N) is 1. The number of imidazole rings is 1. The number of anilines is 1. The highest BCUT2D eigenvalue weighted by Crippen LogP contribution is 2.32. The second-order valence-electron chi connectivity index (χ2n) is 6.45. The van der Waals surface area contributed by atoms with Gasteiger partial charge in [-0.1, -0.05) is 30.3 Å². The summed E-state index contributed by atoms with van der Waals surface area (Å²) >= 11 is 0. The standard InChI is InChI=1S/C18H21N5O4/c24-7-12(11-4-2-1-3-5-11)22-17-16-18(20-9-19-17)23(10-21-16)15-6-13(26)14(8-25)27-15/h1-5,9-10,12-15,24-26H,6-8H2,(H,19,20,22)/t12?,13-,14+,15+/m0/s1. The molecule has 0 amide bonds. The molecule has 142 valence electrons. The third-order valence-electron chi connectivity index (χ3n) is 4.75. The molecule has 0 spiro atoms. The summed E-state index contributed by atoms with van der Waals surface area (Å²) in [5.41, 5.74) is 2.02. The van der Waals surface area contributed by atoms with Crippen molar-refractivity contribution in [2.45, 2.75) is 30.9 Å². The predicted molar refractivity (Wildman–Crippen MR) is 96.8 cm³/mol. The van der Waals surface area contributed by atoms with Crippen molar-refractivity contribution in [3.8, 4) is 0 Å². The molecule has 1 fully saturated rings. The fourth-order valence-electron chi connectivity index (χ4n) is 3.30. The van der Waals surface area contributed by atoms with Gasteiger partial charge in [0.1, 0.15) is 18.7 Å². The lowest BCUT2D eigenvalue weighted by Gasteiger charge is -2.17. The van der Waals surface area contributed by atoms with Crippen molar-refractivity contribution < 1.29 is 20.1 Å². The van der Waals surface area contributed by atoms with E-state index in [0.29, 0.717) is 23.4 Å². The lowest BCUT2D eigenvalue weighted by Crippen LogP contribution is -2.24. The van der Waals surface area contributed by atoms with Gasteiger partial charge < -0.3 is 25.4 Å². The zero-order valence-corrected chi connectivity index (χ0v) is 14.5. The number of hydrogen-bond acceptors (Lipinski definition) is 8. The third kappa shape index (κ3) is 3.37. The van der Waals surface area contributed by atoms with Gasteiger partial charge in [-0.15, -0.1) is 0 Å². The number of aliphatic hydroxyl groups is 3. The van der Waals surface area contributed by atoms with Crippen LogP contribution in [0.3, 0.4) is 0 Å². The number of aliphatic hydroxyl groups excluding tert-OH is 3. The summed E-state index contributed by atoms with van der Waals surface area (Å²) in [7, 11) is 0. The van der Waals surface area contributed by atoms with Crippen LogP contribution in [0.15, 0.2) is 43.0 Å². The Morgan fingerprint density at radius 3 is 2.70 bits per heavy atom. The van der Waals surface area contributed by atoms with Crippen LogP contribution in [0.2, 0.25) is 0 Å². The first kappa shape index (κ1) is 17.8. The van der Waals surface area contributed by atoms with E-state index in [4.69, 9.17) is 4.74 Å². The van der Waals surface area contributed by atoms with Gasteiger partial charge in [-0.2, -0.15) is 0 Å². The normalized spacial score (nSPS) is 23.6. The van der Waals surface area contributed by atoms with Crippen molar-refractivity contribution in [1.29, 1.82) is 0 Å². The number of nitrogens with zero attached hydrogens (tertiary/aromatic N) is 4. The molecule has 3 aromatic rings. The molecule has 0 bridgehead atoms. The summed E-state index contributed by atoms with van der Waals surface area (Å²) in [6, 6.07) is 9.24. The zero-order valence-electron chi connectivity index (χ0n) is 14.5. The Labute approximate surface area is 155 Å². The molecule has 1 unspecified atom stereocenters. The van der Waals surface area contributed by atoms with Gasteiger partial charge in [0.25, 0.3) is 0 Å². The topological polar surface area (TPSA) is 126 Å². The van der Waals surface area contributed by atoms with Gasteiger partial charge in [0.2, 0.25) is 0 Å². The molecular formula is C18H21N5O4. The van der Waals surface area contributed by atoms with Crippen molar-refractivity contribution in [3.63, 3.8) is 0 Å². The van der Waals surface area contributed by atoms with E-state index in [1.807, 2.05) is 30.3 Å². The number of aromatic nitrogens is 4. The summed E-state index contributed by atoms with van der Waals surface area (Å²) < 4.78 is 7.41. The monoisotopic (exact) mass is 371 g/mol. The maximum absolute atomic E-state index is 9.97. The van der Waals surface area contributed by atoms with Gasteiger partial charge in [-0.05, 0) is 5.56 Å². The molecule has 1 aromatic carbocycles. The van der Waals surface area contributed by atoms with E-state index in [0.717, 1.165) is 5.56 Å². The maximum atomic E-state index is 9.97. The molecular weight excluding hydrogens is 350 g/mol. The van der Waals surface area contributed by atoms with Crippen LogP contribution in [0.4, 0.5) is 5.82 Å². The van der Waals surface area contributed by atoms with Crippen molar-refractivity contribution in [2.24, 2.45) is 0 Å². The molecule has 4 rings (SSSR count). The Balaban J connectivity index is 1.63. The van der Waals surface area contributed by atoms with E-state index >= 15 is 0 Å². The molecule has 1 aliphatic heterocycles. The molecule has 0 radical (unpaired) electrons. The Hall–Kier alpha value is -2.59. The Morgan fingerprint density at radius 1 is 1.19 bits per heavy atom. The first-order valence-electron chi connectivity index (χ1n) is 8.75. The third-order valence-corrected chi connectivity index (χ3v) is 4.75. The number of hydrogen-bond donors (Lipinski definition) is 4. The van der Waals surface area contributed by atoms with E-state index < -0.39 is 18.4 Å². The van der Waals surface area contributed by atoms with Crippen LogP contribution in [0.1, 0.15) is 24.3 Å².